The van der Waals surface area contributed by atoms with Crippen LogP contribution in [0.15, 0.2) is 94.0 Å². The molecule has 1 aliphatic heterocycles. The Morgan fingerprint density at radius 1 is 0.929 bits per heavy atom. The van der Waals surface area contributed by atoms with Crippen LogP contribution in [0, 0.1) is 6.92 Å². The fourth-order valence-electron chi connectivity index (χ4n) is 2.88. The standard InChI is InChI=1S/C23H18BrN3O/c1-16-7-11-18(12-8-16)22-25-21(15-17-9-13-19(24)14-10-17)23(28)27(22)26-20-5-3-2-4-6-20/h2-15,26H,1H3/b21-15+. The molecule has 0 saturated heterocycles. The van der Waals surface area contributed by atoms with Gasteiger partial charge in [0.15, 0.2) is 5.84 Å². The Bertz CT molecular complexity index is 1060. The van der Waals surface area contributed by atoms with Gasteiger partial charge in [0.05, 0.1) is 5.69 Å². The molecule has 1 N–H and O–H groups in total. The van der Waals surface area contributed by atoms with Gasteiger partial charge in [-0.25, -0.2) is 4.99 Å². The minimum atomic E-state index is -0.192. The highest BCUT2D eigenvalue weighted by Gasteiger charge is 2.31. The molecule has 3 aromatic rings. The second kappa shape index (κ2) is 7.82. The van der Waals surface area contributed by atoms with Gasteiger partial charge in [-0.2, -0.15) is 5.01 Å². The molecule has 4 nitrogen and oxygen atoms in total. The zero-order valence-electron chi connectivity index (χ0n) is 15.3. The van der Waals surface area contributed by atoms with Gasteiger partial charge in [-0.05, 0) is 42.8 Å². The predicted octanol–water partition coefficient (Wildman–Crippen LogP) is 5.41. The smallest absolute Gasteiger partial charge is 0.290 e. The van der Waals surface area contributed by atoms with Crippen LogP contribution in [0.25, 0.3) is 6.08 Å². The summed E-state index contributed by atoms with van der Waals surface area (Å²) in [7, 11) is 0. The molecule has 1 amide bonds. The predicted molar refractivity (Wildman–Crippen MR) is 117 cm³/mol. The van der Waals surface area contributed by atoms with Gasteiger partial charge in [0.25, 0.3) is 5.91 Å². The van der Waals surface area contributed by atoms with Gasteiger partial charge in [-0.1, -0.05) is 76.1 Å². The second-order valence-electron chi connectivity index (χ2n) is 6.50. The Morgan fingerprint density at radius 2 is 1.61 bits per heavy atom. The van der Waals surface area contributed by atoms with E-state index >= 15 is 0 Å². The molecular weight excluding hydrogens is 414 g/mol. The van der Waals surface area contributed by atoms with Crippen LogP contribution in [0.2, 0.25) is 0 Å². The molecule has 0 aromatic heterocycles. The van der Waals surface area contributed by atoms with E-state index in [2.05, 4.69) is 26.3 Å². The number of amides is 1. The molecule has 0 unspecified atom stereocenters. The van der Waals surface area contributed by atoms with Crippen molar-refractivity contribution >= 4 is 39.4 Å². The molecule has 3 aromatic carbocycles. The van der Waals surface area contributed by atoms with E-state index < -0.39 is 0 Å². The van der Waals surface area contributed by atoms with Crippen molar-refractivity contribution in [1.29, 1.82) is 0 Å². The van der Waals surface area contributed by atoms with Crippen molar-refractivity contribution < 1.29 is 4.79 Å². The summed E-state index contributed by atoms with van der Waals surface area (Å²) in [6.45, 7) is 2.03. The van der Waals surface area contributed by atoms with E-state index in [0.29, 0.717) is 11.5 Å². The Labute approximate surface area is 172 Å². The monoisotopic (exact) mass is 431 g/mol. The average molecular weight is 432 g/mol. The minimum Gasteiger partial charge on any atom is -0.290 e. The normalized spacial score (nSPS) is 15.1. The summed E-state index contributed by atoms with van der Waals surface area (Å²) in [5, 5.41) is 1.50. The number of hydrogen-bond acceptors (Lipinski definition) is 3. The number of carbonyl (C=O) groups excluding carboxylic acids is 1. The first kappa shape index (κ1) is 18.2. The summed E-state index contributed by atoms with van der Waals surface area (Å²) < 4.78 is 0.989. The second-order valence-corrected chi connectivity index (χ2v) is 7.42. The highest BCUT2D eigenvalue weighted by Crippen LogP contribution is 2.24. The molecule has 0 atom stereocenters. The Kier molecular flexibility index (Phi) is 5.08. The quantitative estimate of drug-likeness (QED) is 0.560. The third-order valence-electron chi connectivity index (χ3n) is 4.36. The average Bonchev–Trinajstić information content (AvgIpc) is 3.01. The number of hydrogen-bond donors (Lipinski definition) is 1. The zero-order valence-corrected chi connectivity index (χ0v) is 16.8. The van der Waals surface area contributed by atoms with Crippen LogP contribution >= 0.6 is 15.9 Å². The Balaban J connectivity index is 1.73. The molecule has 4 rings (SSSR count). The molecular formula is C23H18BrN3O. The first-order valence-electron chi connectivity index (χ1n) is 8.89. The lowest BCUT2D eigenvalue weighted by Gasteiger charge is -2.20. The molecule has 0 radical (unpaired) electrons. The summed E-state index contributed by atoms with van der Waals surface area (Å²) in [4.78, 5) is 17.7. The van der Waals surface area contributed by atoms with Gasteiger partial charge < -0.3 is 0 Å². The lowest BCUT2D eigenvalue weighted by molar-refractivity contribution is -0.121. The molecule has 0 fully saturated rings. The van der Waals surface area contributed by atoms with Crippen LogP contribution in [0.3, 0.4) is 0 Å². The maximum Gasteiger partial charge on any atom is 0.297 e. The summed E-state index contributed by atoms with van der Waals surface area (Å²) in [6.07, 6.45) is 1.80. The van der Waals surface area contributed by atoms with Gasteiger partial charge in [-0.3, -0.25) is 10.2 Å². The van der Waals surface area contributed by atoms with Gasteiger partial charge in [-0.15, -0.1) is 0 Å². The van der Waals surface area contributed by atoms with E-state index in [9.17, 15) is 4.79 Å². The lowest BCUT2D eigenvalue weighted by Crippen LogP contribution is -2.37. The van der Waals surface area contributed by atoms with Crippen molar-refractivity contribution in [1.82, 2.24) is 5.01 Å². The lowest BCUT2D eigenvalue weighted by atomic mass is 10.1. The molecule has 5 heteroatoms. The molecule has 1 heterocycles. The molecule has 138 valence electrons. The maximum atomic E-state index is 13.1. The largest absolute Gasteiger partial charge is 0.297 e. The summed E-state index contributed by atoms with van der Waals surface area (Å²) in [6, 6.07) is 25.3. The van der Waals surface area contributed by atoms with Crippen LogP contribution in [0.1, 0.15) is 16.7 Å². The third-order valence-corrected chi connectivity index (χ3v) is 4.89. The van der Waals surface area contributed by atoms with Crippen LogP contribution in [0.4, 0.5) is 5.69 Å². The van der Waals surface area contributed by atoms with Crippen molar-refractivity contribution in [2.75, 3.05) is 5.43 Å². The number of aryl methyl sites for hydroxylation is 1. The molecule has 0 bridgehead atoms. The van der Waals surface area contributed by atoms with E-state index in [-0.39, 0.29) is 5.91 Å². The fraction of sp³-hybridized carbons (Fsp3) is 0.0435. The number of hydrazine groups is 1. The van der Waals surface area contributed by atoms with Crippen molar-refractivity contribution in [3.63, 3.8) is 0 Å². The van der Waals surface area contributed by atoms with E-state index in [0.717, 1.165) is 26.9 Å². The van der Waals surface area contributed by atoms with Crippen molar-refractivity contribution in [3.8, 4) is 0 Å². The van der Waals surface area contributed by atoms with Crippen LogP contribution in [0.5, 0.6) is 0 Å². The summed E-state index contributed by atoms with van der Waals surface area (Å²) >= 11 is 3.43. The third kappa shape index (κ3) is 3.89. The van der Waals surface area contributed by atoms with E-state index in [4.69, 9.17) is 0 Å². The Hall–Kier alpha value is -3.18. The number of carbonyl (C=O) groups is 1. The number of aliphatic imine (C=N–C) groups is 1. The van der Waals surface area contributed by atoms with E-state index in [1.165, 1.54) is 5.01 Å². The van der Waals surface area contributed by atoms with Crippen LogP contribution in [-0.2, 0) is 4.79 Å². The number of nitrogens with zero attached hydrogens (tertiary/aromatic N) is 2. The van der Waals surface area contributed by atoms with Gasteiger partial charge in [0, 0.05) is 10.0 Å². The number of para-hydroxylation sites is 1. The molecule has 28 heavy (non-hydrogen) atoms. The van der Waals surface area contributed by atoms with Crippen molar-refractivity contribution in [2.45, 2.75) is 6.92 Å². The summed E-state index contributed by atoms with van der Waals surface area (Å²) in [5.74, 6) is 0.388. The first-order valence-corrected chi connectivity index (χ1v) is 9.68. The summed E-state index contributed by atoms with van der Waals surface area (Å²) in [5.41, 5.74) is 7.34. The highest BCUT2D eigenvalue weighted by molar-refractivity contribution is 9.10. The van der Waals surface area contributed by atoms with Gasteiger partial charge in [0.2, 0.25) is 0 Å². The highest BCUT2D eigenvalue weighted by atomic mass is 79.9. The molecule has 0 aliphatic carbocycles. The number of nitrogens with one attached hydrogen (secondary N) is 1. The molecule has 0 spiro atoms. The molecule has 0 saturated carbocycles. The van der Waals surface area contributed by atoms with Gasteiger partial charge >= 0.3 is 0 Å². The number of rotatable bonds is 4. The SMILES string of the molecule is Cc1ccc(C2=N/C(=C/c3ccc(Br)cc3)C(=O)N2Nc2ccccc2)cc1. The number of anilines is 1. The van der Waals surface area contributed by atoms with Crippen molar-refractivity contribution in [2.24, 2.45) is 4.99 Å². The van der Waals surface area contributed by atoms with Crippen LogP contribution in [-0.4, -0.2) is 16.8 Å². The number of halogens is 1. The topological polar surface area (TPSA) is 44.7 Å². The van der Waals surface area contributed by atoms with E-state index in [1.54, 1.807) is 6.08 Å². The fourth-order valence-corrected chi connectivity index (χ4v) is 3.14. The minimum absolute atomic E-state index is 0.192. The number of amidine groups is 1. The van der Waals surface area contributed by atoms with Crippen LogP contribution < -0.4 is 5.43 Å². The first-order chi connectivity index (χ1) is 13.6. The van der Waals surface area contributed by atoms with E-state index in [1.807, 2.05) is 85.8 Å². The molecule has 1 aliphatic rings. The van der Waals surface area contributed by atoms with Crippen molar-refractivity contribution in [3.05, 3.63) is 106 Å². The Morgan fingerprint density at radius 3 is 2.29 bits per heavy atom. The van der Waals surface area contributed by atoms with Gasteiger partial charge in [0.1, 0.15) is 5.70 Å². The maximum absolute atomic E-state index is 13.1. The zero-order chi connectivity index (χ0) is 19.5. The number of benzene rings is 3.